The molecule has 1 unspecified atom stereocenters. The Bertz CT molecular complexity index is 366. The van der Waals surface area contributed by atoms with Crippen molar-refractivity contribution in [1.82, 2.24) is 9.88 Å². The van der Waals surface area contributed by atoms with Crippen LogP contribution in [0.4, 0.5) is 0 Å². The summed E-state index contributed by atoms with van der Waals surface area (Å²) in [6.07, 6.45) is 1.38. The Kier molecular flexibility index (Phi) is 3.46. The van der Waals surface area contributed by atoms with Gasteiger partial charge in [0, 0.05) is 19.3 Å². The van der Waals surface area contributed by atoms with Crippen LogP contribution in [0.5, 0.6) is 0 Å². The first-order chi connectivity index (χ1) is 7.66. The highest BCUT2D eigenvalue weighted by atomic mass is 32.2. The first-order valence-electron chi connectivity index (χ1n) is 5.21. The van der Waals surface area contributed by atoms with E-state index in [1.807, 2.05) is 25.1 Å². The molecule has 5 heteroatoms. The molecule has 1 aromatic rings. The fourth-order valence-corrected chi connectivity index (χ4v) is 2.43. The molecule has 16 heavy (non-hydrogen) atoms. The SMILES string of the molecule is CC(Sc1ccccn1)C(=O)N1CC(O)C1. The van der Waals surface area contributed by atoms with Crippen LogP contribution < -0.4 is 0 Å². The van der Waals surface area contributed by atoms with Crippen molar-refractivity contribution in [2.24, 2.45) is 0 Å². The van der Waals surface area contributed by atoms with Gasteiger partial charge in [0.15, 0.2) is 0 Å². The van der Waals surface area contributed by atoms with E-state index in [4.69, 9.17) is 5.11 Å². The summed E-state index contributed by atoms with van der Waals surface area (Å²) in [5.41, 5.74) is 0. The lowest BCUT2D eigenvalue weighted by atomic mass is 10.1. The van der Waals surface area contributed by atoms with Gasteiger partial charge in [-0.05, 0) is 19.1 Å². The topological polar surface area (TPSA) is 53.4 Å². The van der Waals surface area contributed by atoms with Crippen molar-refractivity contribution in [3.8, 4) is 0 Å². The van der Waals surface area contributed by atoms with Crippen LogP contribution in [0.2, 0.25) is 0 Å². The molecular weight excluding hydrogens is 224 g/mol. The molecule has 86 valence electrons. The second-order valence-corrected chi connectivity index (χ2v) is 5.19. The Hall–Kier alpha value is -1.07. The highest BCUT2D eigenvalue weighted by molar-refractivity contribution is 8.00. The predicted molar refractivity (Wildman–Crippen MR) is 62.1 cm³/mol. The Morgan fingerprint density at radius 2 is 2.38 bits per heavy atom. The third-order valence-corrected chi connectivity index (χ3v) is 3.50. The van der Waals surface area contributed by atoms with Gasteiger partial charge in [0.05, 0.1) is 16.4 Å². The number of carbonyl (C=O) groups is 1. The third kappa shape index (κ3) is 2.54. The van der Waals surface area contributed by atoms with Gasteiger partial charge in [-0.1, -0.05) is 17.8 Å². The van der Waals surface area contributed by atoms with Crippen molar-refractivity contribution in [2.75, 3.05) is 13.1 Å². The number of nitrogens with zero attached hydrogens (tertiary/aromatic N) is 2. The average Bonchev–Trinajstić information content (AvgIpc) is 2.25. The fraction of sp³-hybridized carbons (Fsp3) is 0.455. The molecule has 1 aliphatic heterocycles. The minimum absolute atomic E-state index is 0.0703. The Labute approximate surface area is 98.7 Å². The van der Waals surface area contributed by atoms with E-state index in [1.165, 1.54) is 11.8 Å². The van der Waals surface area contributed by atoms with E-state index >= 15 is 0 Å². The van der Waals surface area contributed by atoms with Crippen molar-refractivity contribution in [1.29, 1.82) is 0 Å². The number of carbonyl (C=O) groups excluding carboxylic acids is 1. The molecule has 0 spiro atoms. The predicted octanol–water partition coefficient (Wildman–Crippen LogP) is 0.765. The molecule has 0 aliphatic carbocycles. The van der Waals surface area contributed by atoms with Crippen molar-refractivity contribution in [3.63, 3.8) is 0 Å². The van der Waals surface area contributed by atoms with Crippen LogP contribution in [0.1, 0.15) is 6.92 Å². The van der Waals surface area contributed by atoms with Gasteiger partial charge in [0.25, 0.3) is 0 Å². The summed E-state index contributed by atoms with van der Waals surface area (Å²) in [6.45, 7) is 2.80. The standard InChI is InChI=1S/C11H14N2O2S/c1-8(11(15)13-6-9(14)7-13)16-10-4-2-3-5-12-10/h2-5,8-9,14H,6-7H2,1H3. The third-order valence-electron chi connectivity index (χ3n) is 2.46. The maximum absolute atomic E-state index is 11.8. The number of hydrogen-bond donors (Lipinski definition) is 1. The van der Waals surface area contributed by atoms with E-state index in [0.29, 0.717) is 13.1 Å². The van der Waals surface area contributed by atoms with Gasteiger partial charge in [-0.3, -0.25) is 4.79 Å². The number of rotatable bonds is 3. The molecule has 1 N–H and O–H groups in total. The maximum Gasteiger partial charge on any atom is 0.236 e. The molecule has 1 aliphatic rings. The first kappa shape index (κ1) is 11.4. The highest BCUT2D eigenvalue weighted by Crippen LogP contribution is 2.23. The molecule has 2 rings (SSSR count). The number of likely N-dealkylation sites (tertiary alicyclic amines) is 1. The average molecular weight is 238 g/mol. The maximum atomic E-state index is 11.8. The summed E-state index contributed by atoms with van der Waals surface area (Å²) in [4.78, 5) is 17.7. The monoisotopic (exact) mass is 238 g/mol. The second-order valence-electron chi connectivity index (χ2n) is 3.83. The highest BCUT2D eigenvalue weighted by Gasteiger charge is 2.31. The summed E-state index contributed by atoms with van der Waals surface area (Å²) in [5.74, 6) is 0.0703. The van der Waals surface area contributed by atoms with Crippen LogP contribution in [-0.2, 0) is 4.79 Å². The number of aliphatic hydroxyl groups excluding tert-OH is 1. The lowest BCUT2D eigenvalue weighted by Crippen LogP contribution is -2.55. The minimum atomic E-state index is -0.337. The van der Waals surface area contributed by atoms with Gasteiger partial charge in [-0.15, -0.1) is 0 Å². The van der Waals surface area contributed by atoms with Crippen molar-refractivity contribution >= 4 is 17.7 Å². The van der Waals surface area contributed by atoms with E-state index in [-0.39, 0.29) is 17.3 Å². The van der Waals surface area contributed by atoms with E-state index in [1.54, 1.807) is 11.1 Å². The summed E-state index contributed by atoms with van der Waals surface area (Å²) in [7, 11) is 0. The van der Waals surface area contributed by atoms with Crippen LogP contribution in [0.3, 0.4) is 0 Å². The zero-order valence-electron chi connectivity index (χ0n) is 9.04. The van der Waals surface area contributed by atoms with Gasteiger partial charge in [0.1, 0.15) is 0 Å². The zero-order valence-corrected chi connectivity index (χ0v) is 9.85. The van der Waals surface area contributed by atoms with Gasteiger partial charge in [0.2, 0.25) is 5.91 Å². The summed E-state index contributed by atoms with van der Waals surface area (Å²) < 4.78 is 0. The Morgan fingerprint density at radius 1 is 1.62 bits per heavy atom. The fourth-order valence-electron chi connectivity index (χ4n) is 1.54. The number of aliphatic hydroxyl groups is 1. The van der Waals surface area contributed by atoms with Gasteiger partial charge < -0.3 is 10.0 Å². The van der Waals surface area contributed by atoms with Gasteiger partial charge in [-0.2, -0.15) is 0 Å². The first-order valence-corrected chi connectivity index (χ1v) is 6.09. The minimum Gasteiger partial charge on any atom is -0.389 e. The lowest BCUT2D eigenvalue weighted by molar-refractivity contribution is -0.140. The van der Waals surface area contributed by atoms with E-state index in [2.05, 4.69) is 4.98 Å². The quantitative estimate of drug-likeness (QED) is 0.790. The Morgan fingerprint density at radius 3 is 2.94 bits per heavy atom. The van der Waals surface area contributed by atoms with Crippen molar-refractivity contribution < 1.29 is 9.90 Å². The van der Waals surface area contributed by atoms with Crippen LogP contribution in [-0.4, -0.2) is 45.3 Å². The molecule has 0 radical (unpaired) electrons. The number of thioether (sulfide) groups is 1. The van der Waals surface area contributed by atoms with E-state index in [0.717, 1.165) is 5.03 Å². The summed E-state index contributed by atoms with van der Waals surface area (Å²) in [6, 6.07) is 5.64. The van der Waals surface area contributed by atoms with Crippen LogP contribution in [0, 0.1) is 0 Å². The number of pyridine rings is 1. The second kappa shape index (κ2) is 4.84. The van der Waals surface area contributed by atoms with Crippen molar-refractivity contribution in [3.05, 3.63) is 24.4 Å². The number of amides is 1. The van der Waals surface area contributed by atoms with Crippen LogP contribution >= 0.6 is 11.8 Å². The summed E-state index contributed by atoms with van der Waals surface area (Å²) in [5, 5.41) is 9.83. The molecule has 1 fully saturated rings. The molecule has 1 atom stereocenters. The molecule has 1 aromatic heterocycles. The van der Waals surface area contributed by atoms with Crippen LogP contribution in [0.15, 0.2) is 29.4 Å². The van der Waals surface area contributed by atoms with Gasteiger partial charge >= 0.3 is 0 Å². The van der Waals surface area contributed by atoms with Gasteiger partial charge in [-0.25, -0.2) is 4.98 Å². The van der Waals surface area contributed by atoms with E-state index in [9.17, 15) is 4.79 Å². The lowest BCUT2D eigenvalue weighted by Gasteiger charge is -2.37. The van der Waals surface area contributed by atoms with Crippen molar-refractivity contribution in [2.45, 2.75) is 23.3 Å². The largest absolute Gasteiger partial charge is 0.389 e. The summed E-state index contributed by atoms with van der Waals surface area (Å²) >= 11 is 1.45. The molecule has 0 bridgehead atoms. The molecule has 0 saturated carbocycles. The number of β-amino-alcohol motifs (C(OH)–C–C–N with tert-alkyl or cyclic N) is 1. The zero-order chi connectivity index (χ0) is 11.5. The van der Waals surface area contributed by atoms with Crippen LogP contribution in [0.25, 0.3) is 0 Å². The molecular formula is C11H14N2O2S. The molecule has 2 heterocycles. The number of aromatic nitrogens is 1. The molecule has 1 amide bonds. The molecule has 1 saturated heterocycles. The smallest absolute Gasteiger partial charge is 0.236 e. The molecule has 4 nitrogen and oxygen atoms in total. The number of hydrogen-bond acceptors (Lipinski definition) is 4. The Balaban J connectivity index is 1.88. The normalized spacial score (nSPS) is 18.0. The molecule has 0 aromatic carbocycles. The van der Waals surface area contributed by atoms with E-state index < -0.39 is 0 Å².